The minimum atomic E-state index is -3.37. The number of rotatable bonds is 5. The molecule has 0 aromatic heterocycles. The van der Waals surface area contributed by atoms with Crippen LogP contribution in [-0.4, -0.2) is 57.7 Å². The highest BCUT2D eigenvalue weighted by molar-refractivity contribution is 7.87. The zero-order chi connectivity index (χ0) is 14.6. The average molecular weight is 305 g/mol. The molecule has 6 nitrogen and oxygen atoms in total. The lowest BCUT2D eigenvalue weighted by Gasteiger charge is -2.34. The molecule has 3 atom stereocenters. The Morgan fingerprint density at radius 2 is 2.00 bits per heavy atom. The van der Waals surface area contributed by atoms with Gasteiger partial charge in [0.25, 0.3) is 10.2 Å². The summed E-state index contributed by atoms with van der Waals surface area (Å²) >= 11 is 0. The van der Waals surface area contributed by atoms with E-state index in [9.17, 15) is 8.42 Å². The molecule has 2 fully saturated rings. The molecule has 0 spiro atoms. The predicted octanol–water partition coefficient (Wildman–Crippen LogP) is 0.320. The molecule has 118 valence electrons. The zero-order valence-electron chi connectivity index (χ0n) is 12.5. The number of ether oxygens (including phenoxy) is 1. The van der Waals surface area contributed by atoms with Crippen LogP contribution in [0.15, 0.2) is 0 Å². The molecular formula is C13H27N3O3S. The molecular weight excluding hydrogens is 278 g/mol. The van der Waals surface area contributed by atoms with E-state index in [2.05, 4.69) is 10.0 Å². The molecule has 0 radical (unpaired) electrons. The molecule has 3 unspecified atom stereocenters. The van der Waals surface area contributed by atoms with E-state index in [4.69, 9.17) is 4.74 Å². The van der Waals surface area contributed by atoms with Crippen LogP contribution in [0.1, 0.15) is 33.1 Å². The third-order valence-corrected chi connectivity index (χ3v) is 5.51. The molecule has 2 rings (SSSR count). The van der Waals surface area contributed by atoms with Crippen LogP contribution < -0.4 is 10.0 Å². The van der Waals surface area contributed by atoms with Gasteiger partial charge in [0.05, 0.1) is 12.2 Å². The second-order valence-corrected chi connectivity index (χ2v) is 7.73. The van der Waals surface area contributed by atoms with Gasteiger partial charge in [-0.2, -0.15) is 12.7 Å². The summed E-state index contributed by atoms with van der Waals surface area (Å²) in [6.07, 6.45) is 3.20. The number of hydrogen-bond acceptors (Lipinski definition) is 4. The number of morpholine rings is 1. The maximum absolute atomic E-state index is 12.3. The molecule has 20 heavy (non-hydrogen) atoms. The number of nitrogens with zero attached hydrogens (tertiary/aromatic N) is 1. The molecule has 7 heteroatoms. The molecule has 2 aliphatic rings. The van der Waals surface area contributed by atoms with Crippen molar-refractivity contribution in [2.45, 2.75) is 45.3 Å². The topological polar surface area (TPSA) is 70.7 Å². The monoisotopic (exact) mass is 305 g/mol. The number of nitrogens with one attached hydrogen (secondary N) is 2. The highest BCUT2D eigenvalue weighted by Crippen LogP contribution is 2.15. The minimum Gasteiger partial charge on any atom is -0.373 e. The Bertz CT molecular complexity index is 386. The molecule has 0 aromatic rings. The van der Waals surface area contributed by atoms with E-state index in [1.807, 2.05) is 13.8 Å². The van der Waals surface area contributed by atoms with Gasteiger partial charge < -0.3 is 10.1 Å². The molecule has 0 aromatic carbocycles. The fourth-order valence-electron chi connectivity index (χ4n) is 2.98. The number of piperidine rings is 1. The molecule has 2 heterocycles. The van der Waals surface area contributed by atoms with Crippen molar-refractivity contribution in [1.82, 2.24) is 14.3 Å². The third kappa shape index (κ3) is 4.66. The Hall–Kier alpha value is -0.210. The minimum absolute atomic E-state index is 0.0436. The van der Waals surface area contributed by atoms with E-state index in [0.29, 0.717) is 25.6 Å². The van der Waals surface area contributed by atoms with Crippen molar-refractivity contribution in [1.29, 1.82) is 0 Å². The van der Waals surface area contributed by atoms with E-state index in [1.54, 1.807) is 0 Å². The quantitative estimate of drug-likeness (QED) is 0.767. The van der Waals surface area contributed by atoms with E-state index in [1.165, 1.54) is 17.1 Å². The summed E-state index contributed by atoms with van der Waals surface area (Å²) in [5, 5.41) is 3.35. The summed E-state index contributed by atoms with van der Waals surface area (Å²) in [4.78, 5) is 0. The van der Waals surface area contributed by atoms with Gasteiger partial charge in [-0.1, -0.05) is 0 Å². The van der Waals surface area contributed by atoms with Gasteiger partial charge in [-0.25, -0.2) is 4.72 Å². The summed E-state index contributed by atoms with van der Waals surface area (Å²) in [7, 11) is -3.37. The van der Waals surface area contributed by atoms with Gasteiger partial charge >= 0.3 is 0 Å². The second kappa shape index (κ2) is 7.17. The van der Waals surface area contributed by atoms with E-state index in [0.717, 1.165) is 19.5 Å². The predicted molar refractivity (Wildman–Crippen MR) is 78.7 cm³/mol. The first-order valence-corrected chi connectivity index (χ1v) is 9.02. The maximum Gasteiger partial charge on any atom is 0.279 e. The Kier molecular flexibility index (Phi) is 5.80. The summed E-state index contributed by atoms with van der Waals surface area (Å²) in [6, 6.07) is 0. The van der Waals surface area contributed by atoms with Gasteiger partial charge in [-0.15, -0.1) is 0 Å². The Balaban J connectivity index is 1.78. The third-order valence-electron chi connectivity index (χ3n) is 3.96. The van der Waals surface area contributed by atoms with Crippen LogP contribution in [0, 0.1) is 5.92 Å². The van der Waals surface area contributed by atoms with Crippen LogP contribution in [0.4, 0.5) is 0 Å². The lowest BCUT2D eigenvalue weighted by molar-refractivity contribution is -0.0443. The molecule has 2 saturated heterocycles. The van der Waals surface area contributed by atoms with Crippen LogP contribution in [-0.2, 0) is 14.9 Å². The van der Waals surface area contributed by atoms with Gasteiger partial charge in [0.15, 0.2) is 0 Å². The average Bonchev–Trinajstić information content (AvgIpc) is 2.38. The first kappa shape index (κ1) is 16.2. The fraction of sp³-hybridized carbons (Fsp3) is 1.00. The smallest absolute Gasteiger partial charge is 0.279 e. The SMILES string of the molecule is CC1CN(S(=O)(=O)NCCC2CCCNC2)CC(C)O1. The van der Waals surface area contributed by atoms with Gasteiger partial charge in [-0.05, 0) is 52.1 Å². The Labute approximate surface area is 122 Å². The Morgan fingerprint density at radius 3 is 2.60 bits per heavy atom. The van der Waals surface area contributed by atoms with E-state index < -0.39 is 10.2 Å². The van der Waals surface area contributed by atoms with Gasteiger partial charge in [0, 0.05) is 19.6 Å². The summed E-state index contributed by atoms with van der Waals surface area (Å²) in [5.74, 6) is 0.592. The van der Waals surface area contributed by atoms with Crippen LogP contribution in [0.5, 0.6) is 0 Å². The van der Waals surface area contributed by atoms with Gasteiger partial charge in [0.1, 0.15) is 0 Å². The van der Waals surface area contributed by atoms with Crippen LogP contribution >= 0.6 is 0 Å². The molecule has 2 aliphatic heterocycles. The van der Waals surface area contributed by atoms with Crippen molar-refractivity contribution >= 4 is 10.2 Å². The van der Waals surface area contributed by atoms with Crippen molar-refractivity contribution in [2.24, 2.45) is 5.92 Å². The Morgan fingerprint density at radius 1 is 1.30 bits per heavy atom. The first-order valence-electron chi connectivity index (χ1n) is 7.58. The highest BCUT2D eigenvalue weighted by atomic mass is 32.2. The zero-order valence-corrected chi connectivity index (χ0v) is 13.3. The summed E-state index contributed by atoms with van der Waals surface area (Å²) < 4.78 is 34.3. The van der Waals surface area contributed by atoms with Crippen molar-refractivity contribution in [2.75, 3.05) is 32.7 Å². The molecule has 0 aliphatic carbocycles. The molecule has 0 bridgehead atoms. The lowest BCUT2D eigenvalue weighted by atomic mass is 9.96. The van der Waals surface area contributed by atoms with E-state index >= 15 is 0 Å². The maximum atomic E-state index is 12.3. The van der Waals surface area contributed by atoms with Crippen molar-refractivity contribution in [3.8, 4) is 0 Å². The van der Waals surface area contributed by atoms with Gasteiger partial charge in [-0.3, -0.25) is 0 Å². The molecule has 0 saturated carbocycles. The largest absolute Gasteiger partial charge is 0.373 e. The lowest BCUT2D eigenvalue weighted by Crippen LogP contribution is -2.52. The van der Waals surface area contributed by atoms with Crippen molar-refractivity contribution in [3.63, 3.8) is 0 Å². The summed E-state index contributed by atoms with van der Waals surface area (Å²) in [5.41, 5.74) is 0. The first-order chi connectivity index (χ1) is 9.47. The second-order valence-electron chi connectivity index (χ2n) is 5.97. The van der Waals surface area contributed by atoms with Crippen molar-refractivity contribution < 1.29 is 13.2 Å². The fourth-order valence-corrected chi connectivity index (χ4v) is 4.35. The van der Waals surface area contributed by atoms with Crippen LogP contribution in [0.2, 0.25) is 0 Å². The van der Waals surface area contributed by atoms with Gasteiger partial charge in [0.2, 0.25) is 0 Å². The standard InChI is InChI=1S/C13H27N3O3S/c1-11-9-16(10-12(2)19-11)20(17,18)15-7-5-13-4-3-6-14-8-13/h11-15H,3-10H2,1-2H3. The molecule has 0 amide bonds. The van der Waals surface area contributed by atoms with Crippen LogP contribution in [0.25, 0.3) is 0 Å². The van der Waals surface area contributed by atoms with Crippen LogP contribution in [0.3, 0.4) is 0 Å². The van der Waals surface area contributed by atoms with E-state index in [-0.39, 0.29) is 12.2 Å². The summed E-state index contributed by atoms with van der Waals surface area (Å²) in [6.45, 7) is 7.31. The number of hydrogen-bond donors (Lipinski definition) is 2. The van der Waals surface area contributed by atoms with Crippen molar-refractivity contribution in [3.05, 3.63) is 0 Å². The normalized spacial score (nSPS) is 33.2. The highest BCUT2D eigenvalue weighted by Gasteiger charge is 2.30. The molecule has 2 N–H and O–H groups in total.